The second-order valence-electron chi connectivity index (χ2n) is 5.62. The summed E-state index contributed by atoms with van der Waals surface area (Å²) >= 11 is 0. The van der Waals surface area contributed by atoms with Crippen molar-refractivity contribution in [2.75, 3.05) is 0 Å². The SMILES string of the molecule is CCCCCC(C)CC1CCC(N)CC1. The Kier molecular flexibility index (Phi) is 6.31. The lowest BCUT2D eigenvalue weighted by atomic mass is 9.80. The van der Waals surface area contributed by atoms with Gasteiger partial charge in [0.15, 0.2) is 0 Å². The van der Waals surface area contributed by atoms with E-state index in [0.717, 1.165) is 11.8 Å². The minimum atomic E-state index is 0.511. The molecular weight excluding hydrogens is 182 g/mol. The Morgan fingerprint density at radius 1 is 1.13 bits per heavy atom. The Morgan fingerprint density at radius 2 is 1.80 bits per heavy atom. The lowest BCUT2D eigenvalue weighted by molar-refractivity contribution is 0.268. The van der Waals surface area contributed by atoms with Gasteiger partial charge in [-0.1, -0.05) is 39.5 Å². The van der Waals surface area contributed by atoms with E-state index in [-0.39, 0.29) is 0 Å². The van der Waals surface area contributed by atoms with Crippen LogP contribution in [0.1, 0.15) is 71.6 Å². The van der Waals surface area contributed by atoms with Gasteiger partial charge in [0.05, 0.1) is 0 Å². The Morgan fingerprint density at radius 3 is 2.40 bits per heavy atom. The Hall–Kier alpha value is -0.0400. The first-order chi connectivity index (χ1) is 7.22. The highest BCUT2D eigenvalue weighted by Gasteiger charge is 2.19. The van der Waals surface area contributed by atoms with Crippen LogP contribution in [-0.2, 0) is 0 Å². The highest BCUT2D eigenvalue weighted by molar-refractivity contribution is 4.75. The van der Waals surface area contributed by atoms with E-state index in [1.165, 1.54) is 57.8 Å². The third-order valence-corrected chi connectivity index (χ3v) is 3.93. The van der Waals surface area contributed by atoms with Crippen LogP contribution < -0.4 is 5.73 Å². The molecule has 0 aliphatic heterocycles. The van der Waals surface area contributed by atoms with E-state index in [1.54, 1.807) is 0 Å². The van der Waals surface area contributed by atoms with Crippen molar-refractivity contribution in [1.82, 2.24) is 0 Å². The van der Waals surface area contributed by atoms with Crippen LogP contribution in [0.3, 0.4) is 0 Å². The molecule has 1 unspecified atom stereocenters. The molecule has 1 saturated carbocycles. The molecule has 0 radical (unpaired) electrons. The van der Waals surface area contributed by atoms with Gasteiger partial charge in [0, 0.05) is 6.04 Å². The van der Waals surface area contributed by atoms with Gasteiger partial charge in [-0.3, -0.25) is 0 Å². The average Bonchev–Trinajstić information content (AvgIpc) is 2.22. The zero-order chi connectivity index (χ0) is 11.1. The van der Waals surface area contributed by atoms with Gasteiger partial charge < -0.3 is 5.73 Å². The predicted molar refractivity (Wildman–Crippen MR) is 67.9 cm³/mol. The van der Waals surface area contributed by atoms with Crippen LogP contribution in [0.2, 0.25) is 0 Å². The summed E-state index contributed by atoms with van der Waals surface area (Å²) in [5, 5.41) is 0. The van der Waals surface area contributed by atoms with Gasteiger partial charge in [0.1, 0.15) is 0 Å². The van der Waals surface area contributed by atoms with Crippen molar-refractivity contribution in [3.05, 3.63) is 0 Å². The maximum atomic E-state index is 5.93. The van der Waals surface area contributed by atoms with Gasteiger partial charge in [0.2, 0.25) is 0 Å². The summed E-state index contributed by atoms with van der Waals surface area (Å²) in [7, 11) is 0. The molecule has 1 aliphatic rings. The normalized spacial score (nSPS) is 29.0. The number of hydrogen-bond donors (Lipinski definition) is 1. The van der Waals surface area contributed by atoms with Crippen LogP contribution >= 0.6 is 0 Å². The van der Waals surface area contributed by atoms with Gasteiger partial charge in [-0.2, -0.15) is 0 Å². The molecule has 15 heavy (non-hydrogen) atoms. The van der Waals surface area contributed by atoms with Crippen molar-refractivity contribution in [2.24, 2.45) is 17.6 Å². The lowest BCUT2D eigenvalue weighted by Gasteiger charge is -2.28. The van der Waals surface area contributed by atoms with Gasteiger partial charge in [-0.05, 0) is 43.9 Å². The Bertz CT molecular complexity index is 147. The van der Waals surface area contributed by atoms with E-state index >= 15 is 0 Å². The number of nitrogens with two attached hydrogens (primary N) is 1. The highest BCUT2D eigenvalue weighted by Crippen LogP contribution is 2.30. The molecule has 0 bridgehead atoms. The zero-order valence-electron chi connectivity index (χ0n) is 10.7. The van der Waals surface area contributed by atoms with E-state index in [0.29, 0.717) is 6.04 Å². The largest absolute Gasteiger partial charge is 0.328 e. The van der Waals surface area contributed by atoms with Crippen molar-refractivity contribution in [1.29, 1.82) is 0 Å². The maximum Gasteiger partial charge on any atom is 0.00390 e. The summed E-state index contributed by atoms with van der Waals surface area (Å²) in [5.41, 5.74) is 5.93. The first kappa shape index (κ1) is 13.0. The van der Waals surface area contributed by atoms with Crippen LogP contribution in [0.25, 0.3) is 0 Å². The molecule has 1 heteroatoms. The third kappa shape index (κ3) is 5.55. The van der Waals surface area contributed by atoms with Crippen molar-refractivity contribution in [3.8, 4) is 0 Å². The number of rotatable bonds is 6. The van der Waals surface area contributed by atoms with Crippen molar-refractivity contribution < 1.29 is 0 Å². The number of hydrogen-bond acceptors (Lipinski definition) is 1. The molecule has 1 fully saturated rings. The Balaban J connectivity index is 2.06. The van der Waals surface area contributed by atoms with Crippen molar-refractivity contribution in [3.63, 3.8) is 0 Å². The average molecular weight is 211 g/mol. The summed E-state index contributed by atoms with van der Waals surface area (Å²) in [6.45, 7) is 4.72. The highest BCUT2D eigenvalue weighted by atomic mass is 14.6. The second-order valence-corrected chi connectivity index (χ2v) is 5.62. The van der Waals surface area contributed by atoms with Crippen LogP contribution in [0, 0.1) is 11.8 Å². The fourth-order valence-corrected chi connectivity index (χ4v) is 2.85. The van der Waals surface area contributed by atoms with E-state index in [4.69, 9.17) is 5.73 Å². The van der Waals surface area contributed by atoms with Crippen LogP contribution in [0.15, 0.2) is 0 Å². The van der Waals surface area contributed by atoms with Gasteiger partial charge in [-0.25, -0.2) is 0 Å². The first-order valence-corrected chi connectivity index (χ1v) is 6.98. The standard InChI is InChI=1S/C14H29N/c1-3-4-5-6-12(2)11-13-7-9-14(15)10-8-13/h12-14H,3-11,15H2,1-2H3. The summed E-state index contributed by atoms with van der Waals surface area (Å²) < 4.78 is 0. The maximum absolute atomic E-state index is 5.93. The molecule has 2 N–H and O–H groups in total. The molecule has 1 rings (SSSR count). The predicted octanol–water partition coefficient (Wildman–Crippen LogP) is 4.11. The van der Waals surface area contributed by atoms with Crippen LogP contribution in [-0.4, -0.2) is 6.04 Å². The molecule has 1 atom stereocenters. The monoisotopic (exact) mass is 211 g/mol. The topological polar surface area (TPSA) is 26.0 Å². The summed E-state index contributed by atoms with van der Waals surface area (Å²) in [5.74, 6) is 1.93. The summed E-state index contributed by atoms with van der Waals surface area (Å²) in [6, 6.07) is 0.511. The van der Waals surface area contributed by atoms with E-state index in [1.807, 2.05) is 0 Å². The molecule has 90 valence electrons. The molecule has 1 aliphatic carbocycles. The summed E-state index contributed by atoms with van der Waals surface area (Å²) in [4.78, 5) is 0. The van der Waals surface area contributed by atoms with Gasteiger partial charge >= 0.3 is 0 Å². The minimum Gasteiger partial charge on any atom is -0.328 e. The van der Waals surface area contributed by atoms with Crippen LogP contribution in [0.4, 0.5) is 0 Å². The van der Waals surface area contributed by atoms with Crippen molar-refractivity contribution in [2.45, 2.75) is 77.7 Å². The molecule has 1 nitrogen and oxygen atoms in total. The van der Waals surface area contributed by atoms with Crippen molar-refractivity contribution >= 4 is 0 Å². The quantitative estimate of drug-likeness (QED) is 0.657. The first-order valence-electron chi connectivity index (χ1n) is 6.98. The molecule has 0 aromatic rings. The fourth-order valence-electron chi connectivity index (χ4n) is 2.85. The summed E-state index contributed by atoms with van der Waals surface area (Å²) in [6.07, 6.45) is 12.4. The molecular formula is C14H29N. The third-order valence-electron chi connectivity index (χ3n) is 3.93. The Labute approximate surface area is 95.8 Å². The van der Waals surface area contributed by atoms with E-state index in [9.17, 15) is 0 Å². The molecule has 0 aromatic carbocycles. The smallest absolute Gasteiger partial charge is 0.00390 e. The van der Waals surface area contributed by atoms with Gasteiger partial charge in [0.25, 0.3) is 0 Å². The van der Waals surface area contributed by atoms with Gasteiger partial charge in [-0.15, -0.1) is 0 Å². The lowest BCUT2D eigenvalue weighted by Crippen LogP contribution is -2.27. The zero-order valence-corrected chi connectivity index (χ0v) is 10.7. The van der Waals surface area contributed by atoms with E-state index < -0.39 is 0 Å². The molecule has 0 saturated heterocycles. The molecule has 0 aromatic heterocycles. The van der Waals surface area contributed by atoms with E-state index in [2.05, 4.69) is 13.8 Å². The van der Waals surface area contributed by atoms with Crippen LogP contribution in [0.5, 0.6) is 0 Å². The minimum absolute atomic E-state index is 0.511. The fraction of sp³-hybridized carbons (Fsp3) is 1.00. The molecule has 0 amide bonds. The molecule has 0 heterocycles. The second kappa shape index (κ2) is 7.27. The number of unbranched alkanes of at least 4 members (excludes halogenated alkanes) is 2. The molecule has 0 spiro atoms.